The SMILES string of the molecule is CCN1CCN(CCCCN=C(N)Nc2cccc(C)c2)CC1. The summed E-state index contributed by atoms with van der Waals surface area (Å²) in [6.07, 6.45) is 2.28. The molecule has 0 radical (unpaired) electrons. The first-order valence-corrected chi connectivity index (χ1v) is 8.75. The van der Waals surface area contributed by atoms with Gasteiger partial charge in [-0.1, -0.05) is 19.1 Å². The third kappa shape index (κ3) is 6.59. The van der Waals surface area contributed by atoms with Crippen molar-refractivity contribution in [2.24, 2.45) is 10.7 Å². The van der Waals surface area contributed by atoms with Crippen LogP contribution in [0.1, 0.15) is 25.3 Å². The molecule has 1 fully saturated rings. The van der Waals surface area contributed by atoms with Crippen molar-refractivity contribution in [3.8, 4) is 0 Å². The maximum absolute atomic E-state index is 5.93. The first-order valence-electron chi connectivity index (χ1n) is 8.75. The minimum absolute atomic E-state index is 0.507. The molecule has 128 valence electrons. The quantitative estimate of drug-likeness (QED) is 0.459. The number of likely N-dealkylation sites (N-methyl/N-ethyl adjacent to an activating group) is 1. The van der Waals surface area contributed by atoms with Crippen LogP contribution in [0.15, 0.2) is 29.3 Å². The molecule has 1 aliphatic rings. The summed E-state index contributed by atoms with van der Waals surface area (Å²) in [4.78, 5) is 9.49. The summed E-state index contributed by atoms with van der Waals surface area (Å²) >= 11 is 0. The van der Waals surface area contributed by atoms with Gasteiger partial charge in [0.1, 0.15) is 0 Å². The van der Waals surface area contributed by atoms with E-state index >= 15 is 0 Å². The highest BCUT2D eigenvalue weighted by atomic mass is 15.3. The van der Waals surface area contributed by atoms with Gasteiger partial charge in [-0.05, 0) is 50.6 Å². The fourth-order valence-corrected chi connectivity index (χ4v) is 2.89. The Hall–Kier alpha value is -1.59. The van der Waals surface area contributed by atoms with Gasteiger partial charge in [0.2, 0.25) is 0 Å². The van der Waals surface area contributed by atoms with Crippen LogP contribution in [0.2, 0.25) is 0 Å². The molecule has 23 heavy (non-hydrogen) atoms. The van der Waals surface area contributed by atoms with E-state index in [0.717, 1.165) is 18.7 Å². The molecule has 0 aromatic heterocycles. The van der Waals surface area contributed by atoms with Gasteiger partial charge in [-0.2, -0.15) is 0 Å². The Kier molecular flexibility index (Phi) is 7.36. The monoisotopic (exact) mass is 317 g/mol. The number of nitrogens with zero attached hydrogens (tertiary/aromatic N) is 3. The highest BCUT2D eigenvalue weighted by Crippen LogP contribution is 2.09. The third-order valence-electron chi connectivity index (χ3n) is 4.37. The zero-order valence-corrected chi connectivity index (χ0v) is 14.6. The molecule has 5 heteroatoms. The summed E-state index contributed by atoms with van der Waals surface area (Å²) < 4.78 is 0. The van der Waals surface area contributed by atoms with E-state index in [4.69, 9.17) is 5.73 Å². The van der Waals surface area contributed by atoms with Crippen LogP contribution in [-0.4, -0.2) is 61.6 Å². The van der Waals surface area contributed by atoms with Gasteiger partial charge < -0.3 is 20.9 Å². The number of piperazine rings is 1. The van der Waals surface area contributed by atoms with Gasteiger partial charge in [0.25, 0.3) is 0 Å². The molecule has 0 unspecified atom stereocenters. The number of nitrogens with two attached hydrogens (primary N) is 1. The summed E-state index contributed by atoms with van der Waals surface area (Å²) in [6.45, 7) is 12.3. The molecule has 1 saturated heterocycles. The maximum atomic E-state index is 5.93. The number of aryl methyl sites for hydroxylation is 1. The molecule has 1 aliphatic heterocycles. The molecule has 0 saturated carbocycles. The normalized spacial score (nSPS) is 17.4. The lowest BCUT2D eigenvalue weighted by molar-refractivity contribution is 0.136. The van der Waals surface area contributed by atoms with Crippen LogP contribution < -0.4 is 11.1 Å². The Balaban J connectivity index is 1.59. The van der Waals surface area contributed by atoms with Gasteiger partial charge in [0, 0.05) is 38.4 Å². The highest BCUT2D eigenvalue weighted by molar-refractivity contribution is 5.92. The lowest BCUT2D eigenvalue weighted by atomic mass is 10.2. The van der Waals surface area contributed by atoms with Crippen LogP contribution in [0.3, 0.4) is 0 Å². The van der Waals surface area contributed by atoms with Crippen LogP contribution in [0.25, 0.3) is 0 Å². The lowest BCUT2D eigenvalue weighted by Gasteiger charge is -2.33. The summed E-state index contributed by atoms with van der Waals surface area (Å²) in [5.41, 5.74) is 8.15. The number of anilines is 1. The van der Waals surface area contributed by atoms with Crippen molar-refractivity contribution < 1.29 is 0 Å². The van der Waals surface area contributed by atoms with Gasteiger partial charge in [-0.15, -0.1) is 0 Å². The van der Waals surface area contributed by atoms with E-state index in [-0.39, 0.29) is 0 Å². The second kappa shape index (κ2) is 9.53. The highest BCUT2D eigenvalue weighted by Gasteiger charge is 2.14. The van der Waals surface area contributed by atoms with Crippen molar-refractivity contribution >= 4 is 11.6 Å². The van der Waals surface area contributed by atoms with E-state index in [9.17, 15) is 0 Å². The topological polar surface area (TPSA) is 56.9 Å². The summed E-state index contributed by atoms with van der Waals surface area (Å²) in [5, 5.41) is 3.15. The number of rotatable bonds is 7. The van der Waals surface area contributed by atoms with Crippen LogP contribution in [-0.2, 0) is 0 Å². The van der Waals surface area contributed by atoms with E-state index in [1.165, 1.54) is 51.3 Å². The zero-order valence-electron chi connectivity index (χ0n) is 14.6. The minimum Gasteiger partial charge on any atom is -0.370 e. The number of nitrogens with one attached hydrogen (secondary N) is 1. The maximum Gasteiger partial charge on any atom is 0.193 e. The van der Waals surface area contributed by atoms with Crippen molar-refractivity contribution in [3.05, 3.63) is 29.8 Å². The number of unbranched alkanes of at least 4 members (excludes halogenated alkanes) is 1. The molecule has 2 rings (SSSR count). The van der Waals surface area contributed by atoms with Crippen LogP contribution in [0.5, 0.6) is 0 Å². The van der Waals surface area contributed by atoms with E-state index in [2.05, 4.69) is 46.1 Å². The van der Waals surface area contributed by atoms with Gasteiger partial charge in [0.15, 0.2) is 5.96 Å². The second-order valence-electron chi connectivity index (χ2n) is 6.24. The molecule has 1 heterocycles. The van der Waals surface area contributed by atoms with Crippen molar-refractivity contribution in [2.45, 2.75) is 26.7 Å². The fourth-order valence-electron chi connectivity index (χ4n) is 2.89. The van der Waals surface area contributed by atoms with E-state index in [0.29, 0.717) is 5.96 Å². The molecule has 0 atom stereocenters. The largest absolute Gasteiger partial charge is 0.370 e. The first kappa shape index (κ1) is 17.8. The molecule has 0 bridgehead atoms. The van der Waals surface area contributed by atoms with Gasteiger partial charge >= 0.3 is 0 Å². The van der Waals surface area contributed by atoms with Crippen LogP contribution in [0, 0.1) is 6.92 Å². The second-order valence-corrected chi connectivity index (χ2v) is 6.24. The van der Waals surface area contributed by atoms with Gasteiger partial charge in [-0.3, -0.25) is 4.99 Å². The standard InChI is InChI=1S/C18H31N5/c1-3-22-11-13-23(14-12-22)10-5-4-9-20-18(19)21-17-8-6-7-16(2)15-17/h6-8,15H,3-5,9-14H2,1-2H3,(H3,19,20,21). The molecule has 1 aromatic rings. The number of benzene rings is 1. The number of aliphatic imine (C=N–C) groups is 1. The third-order valence-corrected chi connectivity index (χ3v) is 4.37. The van der Waals surface area contributed by atoms with Crippen LogP contribution in [0.4, 0.5) is 5.69 Å². The molecule has 0 spiro atoms. The summed E-state index contributed by atoms with van der Waals surface area (Å²) in [7, 11) is 0. The molecular formula is C18H31N5. The molecular weight excluding hydrogens is 286 g/mol. The van der Waals surface area contributed by atoms with Gasteiger partial charge in [-0.25, -0.2) is 0 Å². The van der Waals surface area contributed by atoms with E-state index in [1.54, 1.807) is 0 Å². The number of hydrogen-bond acceptors (Lipinski definition) is 3. The summed E-state index contributed by atoms with van der Waals surface area (Å²) in [5.74, 6) is 0.507. The minimum atomic E-state index is 0.507. The Morgan fingerprint density at radius 2 is 1.91 bits per heavy atom. The first-order chi connectivity index (χ1) is 11.2. The van der Waals surface area contributed by atoms with Crippen LogP contribution >= 0.6 is 0 Å². The van der Waals surface area contributed by atoms with Crippen molar-refractivity contribution in [1.82, 2.24) is 9.80 Å². The zero-order chi connectivity index (χ0) is 16.5. The molecule has 0 amide bonds. The Labute approximate surface area is 140 Å². The Morgan fingerprint density at radius 3 is 2.61 bits per heavy atom. The van der Waals surface area contributed by atoms with Crippen molar-refractivity contribution in [3.63, 3.8) is 0 Å². The molecule has 5 nitrogen and oxygen atoms in total. The van der Waals surface area contributed by atoms with E-state index < -0.39 is 0 Å². The van der Waals surface area contributed by atoms with E-state index in [1.807, 2.05) is 12.1 Å². The predicted molar refractivity (Wildman–Crippen MR) is 99.1 cm³/mol. The molecule has 0 aliphatic carbocycles. The smallest absolute Gasteiger partial charge is 0.193 e. The molecule has 3 N–H and O–H groups in total. The Bertz CT molecular complexity index is 492. The average Bonchev–Trinajstić information content (AvgIpc) is 2.55. The van der Waals surface area contributed by atoms with Crippen molar-refractivity contribution in [1.29, 1.82) is 0 Å². The number of guanidine groups is 1. The fraction of sp³-hybridized carbons (Fsp3) is 0.611. The molecule has 1 aromatic carbocycles. The Morgan fingerprint density at radius 1 is 1.17 bits per heavy atom. The predicted octanol–water partition coefficient (Wildman–Crippen LogP) is 2.14. The average molecular weight is 317 g/mol. The van der Waals surface area contributed by atoms with Gasteiger partial charge in [0.05, 0.1) is 0 Å². The number of hydrogen-bond donors (Lipinski definition) is 2. The van der Waals surface area contributed by atoms with Crippen molar-refractivity contribution in [2.75, 3.05) is 51.1 Å². The lowest BCUT2D eigenvalue weighted by Crippen LogP contribution is -2.46. The summed E-state index contributed by atoms with van der Waals surface area (Å²) in [6, 6.07) is 8.16.